The van der Waals surface area contributed by atoms with Gasteiger partial charge in [-0.2, -0.15) is 0 Å². The van der Waals surface area contributed by atoms with Crippen LogP contribution in [-0.2, 0) is 33.0 Å². The average Bonchev–Trinajstić information content (AvgIpc) is 3.04. The van der Waals surface area contributed by atoms with E-state index in [1.807, 2.05) is 31.2 Å². The number of carbonyl (C=O) groups excluding carboxylic acids is 3. The highest BCUT2D eigenvalue weighted by Crippen LogP contribution is 2.38. The second-order valence-corrected chi connectivity index (χ2v) is 25.9. The fraction of sp³-hybridized carbons (Fsp3) is 0.575. The lowest BCUT2D eigenvalue weighted by Crippen LogP contribution is -2.60. The number of nitrogens with one attached hydrogen (secondary N) is 2. The number of hydrogen-bond donors (Lipinski definition) is 2. The quantitative estimate of drug-likeness (QED) is 0.0617. The van der Waals surface area contributed by atoms with Crippen LogP contribution in [0.3, 0.4) is 0 Å². The van der Waals surface area contributed by atoms with Crippen molar-refractivity contribution >= 4 is 40.3 Å². The zero-order valence-corrected chi connectivity index (χ0v) is 35.7. The van der Waals surface area contributed by atoms with Gasteiger partial charge in [-0.3, -0.25) is 14.4 Å². The Morgan fingerprint density at radius 2 is 1.51 bits per heavy atom. The first-order chi connectivity index (χ1) is 23.7. The maximum absolute atomic E-state index is 13.6. The average molecular weight is 743 g/mol. The van der Waals surface area contributed by atoms with Gasteiger partial charge in [-0.1, -0.05) is 115 Å². The van der Waals surface area contributed by atoms with Crippen LogP contribution in [-0.4, -0.2) is 86.0 Å². The Balaban J connectivity index is 3.19. The minimum Gasteiger partial charge on any atom is -0.468 e. The third-order valence-corrected chi connectivity index (χ3v) is 16.4. The molecule has 2 N–H and O–H groups in total. The number of hydrogen-bond acceptors (Lipinski definition) is 7. The van der Waals surface area contributed by atoms with Gasteiger partial charge in [0.1, 0.15) is 6.54 Å². The molecule has 1 aromatic rings. The standard InChI is InChI=1S/C40H66N2O7Si2/c1-29(23-24-30(2)38(48-9)31(3)33(46-7)26-25-32-19-16-15-17-20-32)27-36(44)42-39(50(10,11)12)34(49-51(13,14)40(4,5)6)21-18-22-35(43)41-28-37(45)47-8/h15-20,22-27,30-31,33-34,38-39H,21,28H2,1-14H3,(H,41,43)(H,42,44)/b22-18-,24-23+,26-25+,29-27+/t30-,31+,33-,34?,38-,39?/m0/s1. The smallest absolute Gasteiger partial charge is 0.325 e. The van der Waals surface area contributed by atoms with Gasteiger partial charge < -0.3 is 29.3 Å². The Labute approximate surface area is 310 Å². The van der Waals surface area contributed by atoms with E-state index >= 15 is 0 Å². The molecule has 6 atom stereocenters. The Morgan fingerprint density at radius 3 is 2.04 bits per heavy atom. The molecule has 0 spiro atoms. The first-order valence-corrected chi connectivity index (χ1v) is 24.3. The molecule has 1 rings (SSSR count). The number of methoxy groups -OCH3 is 3. The maximum Gasteiger partial charge on any atom is 0.325 e. The summed E-state index contributed by atoms with van der Waals surface area (Å²) in [6.07, 6.45) is 12.8. The molecule has 2 unspecified atom stereocenters. The number of allylic oxidation sites excluding steroid dienone is 2. The molecule has 0 aliphatic heterocycles. The Kier molecular flexibility index (Phi) is 19.3. The molecular weight excluding hydrogens is 677 g/mol. The van der Waals surface area contributed by atoms with E-state index in [-0.39, 0.29) is 53.3 Å². The molecular formula is C40H66N2O7Si2. The van der Waals surface area contributed by atoms with Gasteiger partial charge in [0.25, 0.3) is 0 Å². The van der Waals surface area contributed by atoms with Gasteiger partial charge in [0, 0.05) is 37.8 Å². The van der Waals surface area contributed by atoms with Crippen molar-refractivity contribution in [1.29, 1.82) is 0 Å². The summed E-state index contributed by atoms with van der Waals surface area (Å²) in [6.45, 7) is 23.5. The van der Waals surface area contributed by atoms with Crippen LogP contribution in [0.1, 0.15) is 53.5 Å². The van der Waals surface area contributed by atoms with E-state index in [9.17, 15) is 14.4 Å². The van der Waals surface area contributed by atoms with Crippen molar-refractivity contribution < 1.29 is 33.0 Å². The van der Waals surface area contributed by atoms with Crippen molar-refractivity contribution in [2.45, 2.75) is 110 Å². The fourth-order valence-electron chi connectivity index (χ4n) is 5.47. The largest absolute Gasteiger partial charge is 0.468 e. The predicted molar refractivity (Wildman–Crippen MR) is 214 cm³/mol. The lowest BCUT2D eigenvalue weighted by atomic mass is 9.88. The van der Waals surface area contributed by atoms with Crippen molar-refractivity contribution in [1.82, 2.24) is 10.6 Å². The second-order valence-electron chi connectivity index (χ2n) is 15.8. The van der Waals surface area contributed by atoms with E-state index in [1.165, 1.54) is 13.2 Å². The number of esters is 1. The van der Waals surface area contributed by atoms with Crippen LogP contribution in [0.25, 0.3) is 6.08 Å². The Bertz CT molecular complexity index is 1360. The lowest BCUT2D eigenvalue weighted by Gasteiger charge is -2.44. The summed E-state index contributed by atoms with van der Waals surface area (Å²) in [4.78, 5) is 37.4. The predicted octanol–water partition coefficient (Wildman–Crippen LogP) is 7.49. The monoisotopic (exact) mass is 742 g/mol. The molecule has 0 heterocycles. The minimum absolute atomic E-state index is 0.0490. The van der Waals surface area contributed by atoms with Gasteiger partial charge in [-0.15, -0.1) is 0 Å². The number of rotatable bonds is 20. The third kappa shape index (κ3) is 16.4. The van der Waals surface area contributed by atoms with Crippen molar-refractivity contribution in [3.63, 3.8) is 0 Å². The van der Waals surface area contributed by atoms with Crippen molar-refractivity contribution in [2.24, 2.45) is 11.8 Å². The van der Waals surface area contributed by atoms with Gasteiger partial charge in [-0.25, -0.2) is 0 Å². The van der Waals surface area contributed by atoms with Crippen LogP contribution < -0.4 is 10.6 Å². The van der Waals surface area contributed by atoms with E-state index in [0.29, 0.717) is 6.42 Å². The summed E-state index contributed by atoms with van der Waals surface area (Å²) < 4.78 is 23.3. The molecule has 0 aromatic heterocycles. The molecule has 0 radical (unpaired) electrons. The van der Waals surface area contributed by atoms with Crippen molar-refractivity contribution in [2.75, 3.05) is 27.9 Å². The SMILES string of the molecule is COC(=O)CNC(=O)/C=C\CC(O[Si](C)(C)C(C)(C)C)C(NC(=O)/C=C(C)/C=C/[C@H](C)[C@H](OC)[C@H](C)[C@H](/C=C/c1ccccc1)OC)[Si](C)(C)C. The van der Waals surface area contributed by atoms with Crippen LogP contribution in [0.2, 0.25) is 37.8 Å². The van der Waals surface area contributed by atoms with Crippen LogP contribution in [0.15, 0.2) is 72.4 Å². The summed E-state index contributed by atoms with van der Waals surface area (Å²) in [5.74, 6) is -0.998. The van der Waals surface area contributed by atoms with Crippen LogP contribution in [0.4, 0.5) is 0 Å². The number of ether oxygens (including phenoxy) is 3. The molecule has 0 aliphatic rings. The topological polar surface area (TPSA) is 112 Å². The number of benzene rings is 1. The summed E-state index contributed by atoms with van der Waals surface area (Å²) >= 11 is 0. The molecule has 1 aromatic carbocycles. The Hall–Kier alpha value is -3.10. The minimum atomic E-state index is -2.26. The molecule has 286 valence electrons. The number of amides is 2. The van der Waals surface area contributed by atoms with Crippen LogP contribution >= 0.6 is 0 Å². The van der Waals surface area contributed by atoms with Gasteiger partial charge in [0.2, 0.25) is 11.8 Å². The first kappa shape index (κ1) is 45.9. The van der Waals surface area contributed by atoms with E-state index in [4.69, 9.17) is 13.9 Å². The lowest BCUT2D eigenvalue weighted by molar-refractivity contribution is -0.140. The molecule has 0 aliphatic carbocycles. The normalized spacial score (nSPS) is 16.9. The van der Waals surface area contributed by atoms with E-state index < -0.39 is 28.3 Å². The molecule has 11 heteroatoms. The zero-order valence-electron chi connectivity index (χ0n) is 33.7. The molecule has 0 saturated heterocycles. The summed E-state index contributed by atoms with van der Waals surface area (Å²) in [7, 11) is 0.384. The number of carbonyl (C=O) groups is 3. The highest BCUT2D eigenvalue weighted by Gasteiger charge is 2.43. The molecule has 0 saturated carbocycles. The maximum atomic E-state index is 13.6. The Morgan fingerprint density at radius 1 is 0.882 bits per heavy atom. The highest BCUT2D eigenvalue weighted by molar-refractivity contribution is 6.78. The second kappa shape index (κ2) is 21.4. The third-order valence-electron chi connectivity index (χ3n) is 9.53. The van der Waals surface area contributed by atoms with Gasteiger partial charge in [0.05, 0.1) is 33.5 Å². The molecule has 51 heavy (non-hydrogen) atoms. The van der Waals surface area contributed by atoms with Crippen molar-refractivity contribution in [3.8, 4) is 0 Å². The summed E-state index contributed by atoms with van der Waals surface area (Å²) in [6, 6.07) is 10.1. The molecule has 0 fully saturated rings. The van der Waals surface area contributed by atoms with Gasteiger partial charge in [0.15, 0.2) is 8.32 Å². The molecule has 2 amide bonds. The summed E-state index contributed by atoms with van der Waals surface area (Å²) in [5, 5.41) is 5.77. The van der Waals surface area contributed by atoms with Crippen LogP contribution in [0, 0.1) is 11.8 Å². The van der Waals surface area contributed by atoms with E-state index in [1.54, 1.807) is 26.4 Å². The van der Waals surface area contributed by atoms with E-state index in [0.717, 1.165) is 11.1 Å². The van der Waals surface area contributed by atoms with Gasteiger partial charge >= 0.3 is 5.97 Å². The van der Waals surface area contributed by atoms with E-state index in [2.05, 4.69) is 113 Å². The molecule has 0 bridgehead atoms. The van der Waals surface area contributed by atoms with Crippen molar-refractivity contribution in [3.05, 3.63) is 77.9 Å². The van der Waals surface area contributed by atoms with Gasteiger partial charge in [-0.05, 0) is 48.7 Å². The first-order valence-electron chi connectivity index (χ1n) is 17.8. The summed E-state index contributed by atoms with van der Waals surface area (Å²) in [5.41, 5.74) is 1.69. The highest BCUT2D eigenvalue weighted by atomic mass is 28.4. The molecule has 9 nitrogen and oxygen atoms in total. The van der Waals surface area contributed by atoms with Crippen LogP contribution in [0.5, 0.6) is 0 Å². The zero-order chi connectivity index (χ0) is 39.0. The fourth-order valence-corrected chi connectivity index (χ4v) is 8.84.